The number of phosphoric ester groups is 2. The van der Waals surface area contributed by atoms with Gasteiger partial charge in [-0.2, -0.15) is 0 Å². The first-order valence-corrected chi connectivity index (χ1v) is 27.3. The van der Waals surface area contributed by atoms with Gasteiger partial charge in [0.2, 0.25) is 0 Å². The van der Waals surface area contributed by atoms with Crippen molar-refractivity contribution in [3.8, 4) is 0 Å². The Hall–Kier alpha value is -2.46. The van der Waals surface area contributed by atoms with Gasteiger partial charge in [-0.15, -0.1) is 0 Å². The minimum Gasteiger partial charge on any atom is -0.462 e. The Morgan fingerprint density at radius 2 is 1.57 bits per heavy atom. The van der Waals surface area contributed by atoms with Crippen LogP contribution in [0, 0.1) is 5.92 Å². The van der Waals surface area contributed by atoms with Crippen LogP contribution in [0.1, 0.15) is 136 Å². The van der Waals surface area contributed by atoms with E-state index in [1.54, 1.807) is 6.08 Å². The van der Waals surface area contributed by atoms with Gasteiger partial charge in [-0.25, -0.2) is 9.13 Å². The first-order valence-electron chi connectivity index (χ1n) is 24.2. The van der Waals surface area contributed by atoms with Crippen molar-refractivity contribution in [2.75, 3.05) is 13.2 Å². The molecule has 2 rings (SSSR count). The lowest BCUT2D eigenvalue weighted by atomic mass is 9.83. The number of unbranched alkanes of at least 4 members (excludes halogenated alkanes) is 7. The maximum Gasteiger partial charge on any atom is 0.472 e. The highest BCUT2D eigenvalue weighted by molar-refractivity contribution is 7.47. The summed E-state index contributed by atoms with van der Waals surface area (Å²) in [5.74, 6) is -2.88. The molecule has 0 spiro atoms. The fourth-order valence-corrected chi connectivity index (χ4v) is 9.08. The van der Waals surface area contributed by atoms with Crippen LogP contribution in [-0.4, -0.2) is 143 Å². The lowest BCUT2D eigenvalue weighted by Gasteiger charge is -2.41. The number of carbonyl (C=O) groups excluding carboxylic acids is 2. The van der Waals surface area contributed by atoms with Crippen molar-refractivity contribution < 1.29 is 96.9 Å². The number of allylic oxidation sites excluding steroid dienone is 8. The van der Waals surface area contributed by atoms with Gasteiger partial charge in [0.25, 0.3) is 0 Å². The van der Waals surface area contributed by atoms with Gasteiger partial charge in [0, 0.05) is 25.2 Å². The molecule has 0 radical (unpaired) electrons. The average Bonchev–Trinajstić information content (AvgIpc) is 3.29. The number of hydrogen-bond acceptors (Lipinski definition) is 17. The van der Waals surface area contributed by atoms with Crippen LogP contribution < -0.4 is 0 Å². The maximum atomic E-state index is 13.7. The first-order chi connectivity index (χ1) is 32.8. The van der Waals surface area contributed by atoms with Crippen LogP contribution in [0.25, 0.3) is 0 Å². The van der Waals surface area contributed by atoms with Crippen molar-refractivity contribution in [2.24, 2.45) is 5.92 Å². The summed E-state index contributed by atoms with van der Waals surface area (Å²) in [4.78, 5) is 56.7. The number of carbonyl (C=O) groups is 2. The third-order valence-electron chi connectivity index (χ3n) is 11.4. The molecular weight excluding hydrogens is 946 g/mol. The predicted molar refractivity (Wildman–Crippen MR) is 254 cm³/mol. The van der Waals surface area contributed by atoms with Crippen LogP contribution in [0.2, 0.25) is 0 Å². The summed E-state index contributed by atoms with van der Waals surface area (Å²) in [6, 6.07) is 0. The third kappa shape index (κ3) is 27.3. The number of phosphoric acid groups is 2. The topological polar surface area (TPSA) is 326 Å². The van der Waals surface area contributed by atoms with E-state index < -0.39 is 120 Å². The van der Waals surface area contributed by atoms with E-state index in [0.29, 0.717) is 12.8 Å². The monoisotopic (exact) mass is 1030 g/mol. The van der Waals surface area contributed by atoms with Crippen molar-refractivity contribution in [3.63, 3.8) is 0 Å². The zero-order valence-electron chi connectivity index (χ0n) is 40.0. The molecule has 0 aromatic heterocycles. The van der Waals surface area contributed by atoms with E-state index in [-0.39, 0.29) is 38.5 Å². The molecule has 2 heterocycles. The summed E-state index contributed by atoms with van der Waals surface area (Å²) < 4.78 is 57.7. The fourth-order valence-electron chi connectivity index (χ4n) is 7.55. The van der Waals surface area contributed by atoms with Gasteiger partial charge in [0.05, 0.1) is 24.9 Å². The molecule has 2 bridgehead atoms. The number of ether oxygens (including phenoxy) is 3. The molecule has 0 aliphatic carbocycles. The molecule has 0 aromatic rings. The number of hydrogen-bond donors (Lipinski definition) is 10. The zero-order valence-corrected chi connectivity index (χ0v) is 41.8. The molecule has 20 nitrogen and oxygen atoms in total. The van der Waals surface area contributed by atoms with Gasteiger partial charge in [-0.1, -0.05) is 113 Å². The van der Waals surface area contributed by atoms with Crippen LogP contribution in [0.15, 0.2) is 60.8 Å². The van der Waals surface area contributed by atoms with Crippen LogP contribution in [0.3, 0.4) is 0 Å². The molecule has 13 atom stereocenters. The fraction of sp³-hybridized carbons (Fsp3) is 0.745. The molecule has 10 N–H and O–H groups in total. The normalized spacial score (nSPS) is 31.9. The number of esters is 2. The zero-order chi connectivity index (χ0) is 51.2. The van der Waals surface area contributed by atoms with E-state index >= 15 is 0 Å². The van der Waals surface area contributed by atoms with Crippen LogP contribution in [0.4, 0.5) is 0 Å². The van der Waals surface area contributed by atoms with Crippen LogP contribution >= 0.6 is 15.6 Å². The van der Waals surface area contributed by atoms with E-state index in [4.69, 9.17) is 27.8 Å². The molecule has 1 saturated heterocycles. The van der Waals surface area contributed by atoms with Crippen molar-refractivity contribution in [2.45, 2.75) is 203 Å². The van der Waals surface area contributed by atoms with E-state index in [2.05, 4.69) is 43.4 Å². The minimum atomic E-state index is -5.80. The molecule has 0 aromatic carbocycles. The highest BCUT2D eigenvalue weighted by atomic mass is 31.2. The van der Waals surface area contributed by atoms with Gasteiger partial charge in [-0.05, 0) is 64.2 Å². The van der Waals surface area contributed by atoms with E-state index in [1.165, 1.54) is 6.08 Å². The van der Waals surface area contributed by atoms with E-state index in [1.807, 2.05) is 6.92 Å². The Kier molecular flexibility index (Phi) is 31.6. The minimum absolute atomic E-state index is 0.0266. The second-order valence-corrected chi connectivity index (χ2v) is 19.9. The van der Waals surface area contributed by atoms with E-state index in [9.17, 15) is 69.1 Å². The molecular formula is C47H80O20P2. The number of cyclic esters (lactones) is 1. The van der Waals surface area contributed by atoms with Gasteiger partial charge < -0.3 is 64.6 Å². The molecule has 2 aliphatic heterocycles. The van der Waals surface area contributed by atoms with E-state index in [0.717, 1.165) is 76.4 Å². The molecule has 2 aliphatic rings. The third-order valence-corrected chi connectivity index (χ3v) is 12.9. The smallest absolute Gasteiger partial charge is 0.462 e. The van der Waals surface area contributed by atoms with Gasteiger partial charge in [0.1, 0.15) is 43.2 Å². The maximum absolute atomic E-state index is 13.7. The molecule has 398 valence electrons. The summed E-state index contributed by atoms with van der Waals surface area (Å²) >= 11 is 0. The molecule has 0 saturated carbocycles. The lowest BCUT2D eigenvalue weighted by Crippen LogP contribution is -2.58. The summed E-state index contributed by atoms with van der Waals surface area (Å²) in [6.07, 6.45) is 4.21. The second-order valence-electron chi connectivity index (χ2n) is 17.3. The second kappa shape index (κ2) is 34.8. The first kappa shape index (κ1) is 62.7. The van der Waals surface area contributed by atoms with Gasteiger partial charge in [-0.3, -0.25) is 23.2 Å². The molecule has 2 unspecified atom stereocenters. The predicted octanol–water partition coefficient (Wildman–Crippen LogP) is 5.17. The summed E-state index contributed by atoms with van der Waals surface area (Å²) in [5.41, 5.74) is 0. The molecule has 69 heavy (non-hydrogen) atoms. The Balaban J connectivity index is 2.33. The standard InChI is InChI=1S/C47H80O20P2/c1-3-5-7-8-9-10-11-12-13-14-15-16-17-18-23-27-39(50)62-32-35-33-63-69(60,61)67-47-45(56)44(55)42(53)36(26-22-19-20-24-28-40(51)64-35)37(49)31-41(52)65-38(30-29-34(48)25-21-6-4-2)43(54)46(47)66-68(57,58)59/h5,7,9-10,12-13,19,22,29-30,34-38,41-49,52-56H,3-4,6,8,11,14-18,20-21,23-28,31-33H2,1-2H3,(H,60,61)(H2,57,58,59)/b7-5-,10-9-,13-12-,22-19-,30-29?/t34-,35+,36-,37-,38+,41?,42+,43+,44-,45+,46+,47-/m0/s1. The summed E-state index contributed by atoms with van der Waals surface area (Å²) in [5, 5.41) is 78.9. The highest BCUT2D eigenvalue weighted by Crippen LogP contribution is 2.49. The Bertz CT molecular complexity index is 1680. The van der Waals surface area contributed by atoms with Crippen molar-refractivity contribution in [3.05, 3.63) is 60.8 Å². The van der Waals surface area contributed by atoms with Crippen LogP contribution in [0.5, 0.6) is 0 Å². The summed E-state index contributed by atoms with van der Waals surface area (Å²) in [6.45, 7) is 2.40. The highest BCUT2D eigenvalue weighted by Gasteiger charge is 2.50. The Labute approximate surface area is 406 Å². The quantitative estimate of drug-likeness (QED) is 0.0273. The lowest BCUT2D eigenvalue weighted by molar-refractivity contribution is -0.210. The van der Waals surface area contributed by atoms with Crippen molar-refractivity contribution in [1.29, 1.82) is 0 Å². The molecule has 0 amide bonds. The number of rotatable bonds is 23. The molecule has 1 fully saturated rings. The van der Waals surface area contributed by atoms with Gasteiger partial charge in [0.15, 0.2) is 12.4 Å². The average molecular weight is 1030 g/mol. The SMILES string of the molecule is CC/C=C\C/C=C\C/C=C\CCCCCCCC(=O)OC[C@@H]1COP(=O)(O)O[C@H]2[C@H](O)[C@@H](O)[C@H](O)[C@@H](C/C=C\CCCC(=O)O1)[C@@H](O)CC(O)O[C@H](C=C[C@@H](O)CCCCC)[C@@H](O)[C@H]2OP(=O)(O)O. The molecule has 22 heteroatoms. The van der Waals surface area contributed by atoms with Crippen molar-refractivity contribution in [1.82, 2.24) is 0 Å². The number of aliphatic hydroxyl groups excluding tert-OH is 7. The summed E-state index contributed by atoms with van der Waals surface area (Å²) in [7, 11) is -11.5. The van der Waals surface area contributed by atoms with Crippen LogP contribution in [-0.2, 0) is 46.5 Å². The number of aliphatic hydroxyl groups is 7. The Morgan fingerprint density at radius 3 is 2.26 bits per heavy atom. The van der Waals surface area contributed by atoms with Crippen molar-refractivity contribution >= 4 is 27.6 Å². The Morgan fingerprint density at radius 1 is 0.884 bits per heavy atom. The number of fused-ring (bicyclic) bond motifs is 4. The largest absolute Gasteiger partial charge is 0.472 e. The van der Waals surface area contributed by atoms with Gasteiger partial charge >= 0.3 is 27.6 Å².